The van der Waals surface area contributed by atoms with E-state index < -0.39 is 0 Å². The minimum atomic E-state index is 0.374. The van der Waals surface area contributed by atoms with Crippen molar-refractivity contribution in [3.05, 3.63) is 23.8 Å². The van der Waals surface area contributed by atoms with E-state index in [-0.39, 0.29) is 0 Å². The summed E-state index contributed by atoms with van der Waals surface area (Å²) < 4.78 is 5.17. The van der Waals surface area contributed by atoms with Crippen LogP contribution in [0.25, 0.3) is 0 Å². The van der Waals surface area contributed by atoms with Gasteiger partial charge in [-0.2, -0.15) is 0 Å². The number of aryl methyl sites for hydroxylation is 1. The Kier molecular flexibility index (Phi) is 4.45. The highest BCUT2D eigenvalue weighted by molar-refractivity contribution is 5.04. The third-order valence-corrected chi connectivity index (χ3v) is 3.31. The van der Waals surface area contributed by atoms with Gasteiger partial charge in [-0.05, 0) is 32.4 Å². The minimum Gasteiger partial charge on any atom is -0.383 e. The Morgan fingerprint density at radius 2 is 2.35 bits per heavy atom. The summed E-state index contributed by atoms with van der Waals surface area (Å²) >= 11 is 0. The largest absolute Gasteiger partial charge is 0.383 e. The lowest BCUT2D eigenvalue weighted by Crippen LogP contribution is -2.36. The normalized spacial score (nSPS) is 21.6. The van der Waals surface area contributed by atoms with E-state index in [0.717, 1.165) is 37.6 Å². The summed E-state index contributed by atoms with van der Waals surface area (Å²) in [6.45, 7) is 4.90. The third-order valence-electron chi connectivity index (χ3n) is 3.31. The molecule has 0 aromatic carbocycles. The molecule has 17 heavy (non-hydrogen) atoms. The molecule has 1 unspecified atom stereocenters. The lowest BCUT2D eigenvalue weighted by atomic mass is 10.0. The Labute approximate surface area is 103 Å². The smallest absolute Gasteiger partial charge is 0.145 e. The highest BCUT2D eigenvalue weighted by Crippen LogP contribution is 2.28. The van der Waals surface area contributed by atoms with Crippen LogP contribution in [-0.2, 0) is 4.74 Å². The Morgan fingerprint density at radius 1 is 1.47 bits per heavy atom. The molecule has 2 heterocycles. The molecule has 1 fully saturated rings. The summed E-state index contributed by atoms with van der Waals surface area (Å²) in [4.78, 5) is 11.4. The van der Waals surface area contributed by atoms with Crippen LogP contribution >= 0.6 is 0 Å². The predicted molar refractivity (Wildman–Crippen MR) is 66.8 cm³/mol. The molecule has 0 bridgehead atoms. The van der Waals surface area contributed by atoms with Crippen molar-refractivity contribution in [2.24, 2.45) is 0 Å². The van der Waals surface area contributed by atoms with Crippen molar-refractivity contribution in [2.45, 2.75) is 32.2 Å². The number of aromatic nitrogens is 2. The van der Waals surface area contributed by atoms with Crippen LogP contribution in [0.5, 0.6) is 0 Å². The average molecular weight is 235 g/mol. The van der Waals surface area contributed by atoms with Gasteiger partial charge in [0.2, 0.25) is 0 Å². The second-order valence-electron chi connectivity index (χ2n) is 4.60. The van der Waals surface area contributed by atoms with E-state index in [4.69, 9.17) is 4.74 Å². The molecule has 0 aliphatic carbocycles. The Balaban J connectivity index is 2.10. The third kappa shape index (κ3) is 3.23. The molecule has 1 aromatic heterocycles. The summed E-state index contributed by atoms with van der Waals surface area (Å²) in [5.41, 5.74) is 1.05. The van der Waals surface area contributed by atoms with Crippen LogP contribution in [0, 0.1) is 6.92 Å². The Bertz CT molecular complexity index is 356. The molecule has 0 amide bonds. The first-order valence-corrected chi connectivity index (χ1v) is 6.34. The summed E-state index contributed by atoms with van der Waals surface area (Å²) in [6.07, 6.45) is 5.56. The van der Waals surface area contributed by atoms with Gasteiger partial charge < -0.3 is 4.74 Å². The van der Waals surface area contributed by atoms with Gasteiger partial charge in [0.25, 0.3) is 0 Å². The van der Waals surface area contributed by atoms with Gasteiger partial charge in [0.1, 0.15) is 5.82 Å². The molecule has 94 valence electrons. The van der Waals surface area contributed by atoms with Crippen LogP contribution < -0.4 is 0 Å². The summed E-state index contributed by atoms with van der Waals surface area (Å²) in [6, 6.07) is 2.32. The lowest BCUT2D eigenvalue weighted by Gasteiger charge is -2.34. The summed E-state index contributed by atoms with van der Waals surface area (Å²) in [7, 11) is 1.75. The van der Waals surface area contributed by atoms with E-state index in [0.29, 0.717) is 6.04 Å². The molecule has 0 saturated carbocycles. The van der Waals surface area contributed by atoms with Crippen molar-refractivity contribution in [1.82, 2.24) is 14.9 Å². The van der Waals surface area contributed by atoms with Crippen LogP contribution in [0.15, 0.2) is 12.3 Å². The van der Waals surface area contributed by atoms with Gasteiger partial charge in [-0.1, -0.05) is 6.42 Å². The van der Waals surface area contributed by atoms with Crippen molar-refractivity contribution >= 4 is 0 Å². The monoisotopic (exact) mass is 235 g/mol. The van der Waals surface area contributed by atoms with E-state index in [1.54, 1.807) is 7.11 Å². The van der Waals surface area contributed by atoms with Crippen molar-refractivity contribution in [1.29, 1.82) is 0 Å². The number of ether oxygens (including phenoxy) is 1. The molecule has 1 aliphatic heterocycles. The van der Waals surface area contributed by atoms with Crippen LogP contribution in [0.4, 0.5) is 0 Å². The molecule has 4 nitrogen and oxygen atoms in total. The molecule has 1 aromatic rings. The van der Waals surface area contributed by atoms with E-state index >= 15 is 0 Å². The maximum atomic E-state index is 5.17. The number of piperidine rings is 1. The van der Waals surface area contributed by atoms with Gasteiger partial charge in [0.05, 0.1) is 12.6 Å². The minimum absolute atomic E-state index is 0.374. The number of likely N-dealkylation sites (tertiary alicyclic amines) is 1. The van der Waals surface area contributed by atoms with E-state index in [1.807, 2.05) is 19.2 Å². The molecule has 0 radical (unpaired) electrons. The zero-order valence-corrected chi connectivity index (χ0v) is 10.7. The summed E-state index contributed by atoms with van der Waals surface area (Å²) in [5.74, 6) is 0.973. The molecule has 1 atom stereocenters. The Hall–Kier alpha value is -1.00. The maximum Gasteiger partial charge on any atom is 0.145 e. The fourth-order valence-electron chi connectivity index (χ4n) is 2.39. The van der Waals surface area contributed by atoms with Crippen LogP contribution in [-0.4, -0.2) is 41.7 Å². The number of rotatable bonds is 4. The zero-order valence-electron chi connectivity index (χ0n) is 10.7. The molecule has 0 spiro atoms. The zero-order chi connectivity index (χ0) is 12.1. The quantitative estimate of drug-likeness (QED) is 0.799. The van der Waals surface area contributed by atoms with Gasteiger partial charge in [-0.3, -0.25) is 4.90 Å². The number of hydrogen-bond acceptors (Lipinski definition) is 4. The van der Waals surface area contributed by atoms with Gasteiger partial charge >= 0.3 is 0 Å². The molecular weight excluding hydrogens is 214 g/mol. The van der Waals surface area contributed by atoms with Crippen molar-refractivity contribution in [3.8, 4) is 0 Å². The summed E-state index contributed by atoms with van der Waals surface area (Å²) in [5, 5.41) is 0. The Morgan fingerprint density at radius 3 is 3.12 bits per heavy atom. The van der Waals surface area contributed by atoms with Crippen LogP contribution in [0.2, 0.25) is 0 Å². The van der Waals surface area contributed by atoms with Crippen LogP contribution in [0.3, 0.4) is 0 Å². The fraction of sp³-hybridized carbons (Fsp3) is 0.692. The highest BCUT2D eigenvalue weighted by atomic mass is 16.5. The molecule has 1 aliphatic rings. The second-order valence-corrected chi connectivity index (χ2v) is 4.60. The molecule has 4 heteroatoms. The first kappa shape index (κ1) is 12.5. The molecular formula is C13H21N3O. The second kappa shape index (κ2) is 6.07. The van der Waals surface area contributed by atoms with E-state index in [1.165, 1.54) is 12.8 Å². The van der Waals surface area contributed by atoms with Crippen molar-refractivity contribution in [3.63, 3.8) is 0 Å². The first-order chi connectivity index (χ1) is 8.31. The van der Waals surface area contributed by atoms with Crippen molar-refractivity contribution in [2.75, 3.05) is 26.8 Å². The highest BCUT2D eigenvalue weighted by Gasteiger charge is 2.25. The molecule has 1 saturated heterocycles. The standard InChI is InChI=1S/C13H21N3O/c1-11-6-7-14-13(15-11)12-5-3-4-8-16(12)9-10-17-2/h6-7,12H,3-5,8-10H2,1-2H3. The number of methoxy groups -OCH3 is 1. The van der Waals surface area contributed by atoms with Gasteiger partial charge in [0.15, 0.2) is 0 Å². The maximum absolute atomic E-state index is 5.17. The average Bonchev–Trinajstić information content (AvgIpc) is 2.37. The van der Waals surface area contributed by atoms with Crippen LogP contribution in [0.1, 0.15) is 36.8 Å². The van der Waals surface area contributed by atoms with E-state index in [9.17, 15) is 0 Å². The number of nitrogens with zero attached hydrogens (tertiary/aromatic N) is 3. The predicted octanol–water partition coefficient (Wildman–Crippen LogP) is 1.96. The van der Waals surface area contributed by atoms with Gasteiger partial charge in [0, 0.05) is 25.5 Å². The molecule has 0 N–H and O–H groups in total. The SMILES string of the molecule is COCCN1CCCCC1c1nccc(C)n1. The fourth-order valence-corrected chi connectivity index (χ4v) is 2.39. The lowest BCUT2D eigenvalue weighted by molar-refractivity contribution is 0.0922. The number of hydrogen-bond donors (Lipinski definition) is 0. The van der Waals surface area contributed by atoms with Gasteiger partial charge in [-0.25, -0.2) is 9.97 Å². The first-order valence-electron chi connectivity index (χ1n) is 6.34. The topological polar surface area (TPSA) is 38.2 Å². The van der Waals surface area contributed by atoms with Crippen molar-refractivity contribution < 1.29 is 4.74 Å². The van der Waals surface area contributed by atoms with Gasteiger partial charge in [-0.15, -0.1) is 0 Å². The van der Waals surface area contributed by atoms with E-state index in [2.05, 4.69) is 14.9 Å². The molecule has 2 rings (SSSR count).